The molecule has 3 atom stereocenters. The number of thioether (sulfide) groups is 1. The van der Waals surface area contributed by atoms with Gasteiger partial charge in [-0.2, -0.15) is 11.8 Å². The van der Waals surface area contributed by atoms with E-state index >= 15 is 0 Å². The molecule has 0 aliphatic carbocycles. The van der Waals surface area contributed by atoms with Crippen molar-refractivity contribution in [3.63, 3.8) is 0 Å². The van der Waals surface area contributed by atoms with Gasteiger partial charge in [0.05, 0.1) is 6.54 Å². The number of carbonyl (C=O) groups is 1. The van der Waals surface area contributed by atoms with Gasteiger partial charge in [0.2, 0.25) is 5.91 Å². The second-order valence-electron chi connectivity index (χ2n) is 9.43. The number of likely N-dealkylation sites (tertiary alicyclic amines) is 1. The van der Waals surface area contributed by atoms with E-state index in [1.807, 2.05) is 13.0 Å². The van der Waals surface area contributed by atoms with Crippen molar-refractivity contribution < 1.29 is 4.79 Å². The lowest BCUT2D eigenvalue weighted by atomic mass is 9.82. The second-order valence-corrected chi connectivity index (χ2v) is 10.7. The van der Waals surface area contributed by atoms with E-state index in [-0.39, 0.29) is 17.5 Å². The van der Waals surface area contributed by atoms with Crippen molar-refractivity contribution in [3.8, 4) is 0 Å². The molecule has 1 aromatic heterocycles. The summed E-state index contributed by atoms with van der Waals surface area (Å²) in [4.78, 5) is 30.0. The summed E-state index contributed by atoms with van der Waals surface area (Å²) < 4.78 is 2.07. The third-order valence-electron chi connectivity index (χ3n) is 7.12. The van der Waals surface area contributed by atoms with Crippen LogP contribution >= 0.6 is 11.8 Å². The van der Waals surface area contributed by atoms with Gasteiger partial charge >= 0.3 is 0 Å². The van der Waals surface area contributed by atoms with Gasteiger partial charge in [0.25, 0.3) is 5.56 Å². The van der Waals surface area contributed by atoms with Crippen LogP contribution in [0.1, 0.15) is 43.4 Å². The van der Waals surface area contributed by atoms with Gasteiger partial charge in [-0.1, -0.05) is 6.07 Å². The van der Waals surface area contributed by atoms with E-state index in [2.05, 4.69) is 37.5 Å². The molecule has 4 aliphatic rings. The van der Waals surface area contributed by atoms with Crippen molar-refractivity contribution in [1.82, 2.24) is 19.7 Å². The molecule has 4 aliphatic heterocycles. The monoisotopic (exact) mass is 416 g/mol. The average molecular weight is 417 g/mol. The van der Waals surface area contributed by atoms with Gasteiger partial charge < -0.3 is 9.88 Å². The van der Waals surface area contributed by atoms with E-state index in [4.69, 9.17) is 0 Å². The fourth-order valence-electron chi connectivity index (χ4n) is 5.88. The highest BCUT2D eigenvalue weighted by Crippen LogP contribution is 2.37. The number of aromatic nitrogens is 1. The van der Waals surface area contributed by atoms with Crippen molar-refractivity contribution in [2.45, 2.75) is 57.3 Å². The lowest BCUT2D eigenvalue weighted by molar-refractivity contribution is -0.125. The summed E-state index contributed by atoms with van der Waals surface area (Å²) in [6.07, 6.45) is 3.86. The van der Waals surface area contributed by atoms with E-state index in [0.717, 1.165) is 37.8 Å². The third-order valence-corrected chi connectivity index (χ3v) is 8.17. The Balaban J connectivity index is 1.34. The van der Waals surface area contributed by atoms with E-state index < -0.39 is 0 Å². The number of fused-ring (bicyclic) bond motifs is 4. The SMILES string of the molecule is C[C@@H]1CN(Cc2ccc3n(c2=O)C[C@H]2C[C@@H]3CN(C3CCSCC3)C2)CC(=O)N1. The molecule has 7 heteroatoms. The molecule has 3 fully saturated rings. The average Bonchev–Trinajstić information content (AvgIpc) is 2.70. The van der Waals surface area contributed by atoms with E-state index in [1.54, 1.807) is 0 Å². The molecular formula is C22H32N4O2S. The number of amides is 1. The van der Waals surface area contributed by atoms with E-state index in [9.17, 15) is 9.59 Å². The first kappa shape index (κ1) is 19.6. The zero-order valence-electron chi connectivity index (χ0n) is 17.3. The molecule has 0 radical (unpaired) electrons. The quantitative estimate of drug-likeness (QED) is 0.809. The van der Waals surface area contributed by atoms with Crippen molar-refractivity contribution in [3.05, 3.63) is 33.7 Å². The minimum absolute atomic E-state index is 0.0533. The Morgan fingerprint density at radius 2 is 1.93 bits per heavy atom. The Bertz CT molecular complexity index is 835. The molecule has 6 nitrogen and oxygen atoms in total. The highest BCUT2D eigenvalue weighted by molar-refractivity contribution is 7.99. The van der Waals surface area contributed by atoms with E-state index in [0.29, 0.717) is 24.9 Å². The highest BCUT2D eigenvalue weighted by atomic mass is 32.2. The van der Waals surface area contributed by atoms with Crippen molar-refractivity contribution in [2.75, 3.05) is 37.7 Å². The van der Waals surface area contributed by atoms with Gasteiger partial charge in [0.15, 0.2) is 0 Å². The number of nitrogens with zero attached hydrogens (tertiary/aromatic N) is 3. The molecule has 0 saturated carbocycles. The van der Waals surface area contributed by atoms with Crippen LogP contribution in [0.15, 0.2) is 16.9 Å². The molecule has 29 heavy (non-hydrogen) atoms. The first-order valence-corrected chi connectivity index (χ1v) is 12.3. The fourth-order valence-corrected chi connectivity index (χ4v) is 6.96. The van der Waals surface area contributed by atoms with Crippen molar-refractivity contribution in [2.24, 2.45) is 5.92 Å². The molecule has 158 valence electrons. The molecule has 1 amide bonds. The summed E-state index contributed by atoms with van der Waals surface area (Å²) in [7, 11) is 0. The normalized spacial score (nSPS) is 31.3. The van der Waals surface area contributed by atoms with Crippen LogP contribution in [0.3, 0.4) is 0 Å². The number of nitrogens with one attached hydrogen (secondary N) is 1. The van der Waals surface area contributed by atoms with Crippen LogP contribution in [-0.2, 0) is 17.9 Å². The lowest BCUT2D eigenvalue weighted by Gasteiger charge is -2.46. The molecule has 5 heterocycles. The molecule has 1 N–H and O–H groups in total. The smallest absolute Gasteiger partial charge is 0.255 e. The van der Waals surface area contributed by atoms with Crippen LogP contribution in [0.4, 0.5) is 0 Å². The lowest BCUT2D eigenvalue weighted by Crippen LogP contribution is -2.53. The Kier molecular flexibility index (Phi) is 5.47. The predicted octanol–water partition coefficient (Wildman–Crippen LogP) is 1.48. The van der Waals surface area contributed by atoms with Crippen LogP contribution in [0.5, 0.6) is 0 Å². The summed E-state index contributed by atoms with van der Waals surface area (Å²) in [6, 6.07) is 5.11. The van der Waals surface area contributed by atoms with E-state index in [1.165, 1.54) is 36.5 Å². The van der Waals surface area contributed by atoms with Crippen LogP contribution in [0, 0.1) is 5.92 Å². The summed E-state index contributed by atoms with van der Waals surface area (Å²) in [5, 5.41) is 2.95. The second kappa shape index (κ2) is 8.08. The topological polar surface area (TPSA) is 57.6 Å². The summed E-state index contributed by atoms with van der Waals surface area (Å²) in [6.45, 7) is 6.87. The number of carbonyl (C=O) groups excluding carboxylic acids is 1. The zero-order chi connectivity index (χ0) is 20.0. The predicted molar refractivity (Wildman–Crippen MR) is 116 cm³/mol. The van der Waals surface area contributed by atoms with Gasteiger partial charge in [-0.05, 0) is 49.7 Å². The molecule has 1 aromatic rings. The van der Waals surface area contributed by atoms with Crippen LogP contribution in [-0.4, -0.2) is 70.0 Å². The van der Waals surface area contributed by atoms with Gasteiger partial charge in [-0.25, -0.2) is 0 Å². The number of rotatable bonds is 3. The Hall–Kier alpha value is -1.31. The molecule has 3 saturated heterocycles. The minimum Gasteiger partial charge on any atom is -0.351 e. The van der Waals surface area contributed by atoms with Crippen molar-refractivity contribution >= 4 is 17.7 Å². The molecular weight excluding hydrogens is 384 g/mol. The highest BCUT2D eigenvalue weighted by Gasteiger charge is 2.37. The maximum Gasteiger partial charge on any atom is 0.255 e. The first-order valence-electron chi connectivity index (χ1n) is 11.1. The largest absolute Gasteiger partial charge is 0.351 e. The van der Waals surface area contributed by atoms with Crippen LogP contribution in [0.25, 0.3) is 0 Å². The summed E-state index contributed by atoms with van der Waals surface area (Å²) in [5.74, 6) is 3.72. The van der Waals surface area contributed by atoms with Crippen molar-refractivity contribution in [1.29, 1.82) is 0 Å². The number of piperazine rings is 1. The number of pyridine rings is 1. The third kappa shape index (κ3) is 4.01. The molecule has 2 bridgehead atoms. The molecule has 0 unspecified atom stereocenters. The fraction of sp³-hybridized carbons (Fsp3) is 0.727. The standard InChI is InChI=1S/C22H32N4O2S/c1-15-9-24(14-21(27)23-15)12-17-2-3-20-18-8-16(11-26(20)22(17)28)10-25(13-18)19-4-6-29-7-5-19/h2-3,15-16,18-19H,4-14H2,1H3,(H,23,27)/t15-,16+,18-/m1/s1. The number of hydrogen-bond acceptors (Lipinski definition) is 5. The van der Waals surface area contributed by atoms with Gasteiger partial charge in [0, 0.05) is 62.0 Å². The maximum atomic E-state index is 13.3. The van der Waals surface area contributed by atoms with Crippen LogP contribution < -0.4 is 10.9 Å². The zero-order valence-corrected chi connectivity index (χ0v) is 18.1. The van der Waals surface area contributed by atoms with Gasteiger partial charge in [-0.3, -0.25) is 19.4 Å². The molecule has 0 spiro atoms. The van der Waals surface area contributed by atoms with Crippen LogP contribution in [0.2, 0.25) is 0 Å². The van der Waals surface area contributed by atoms with Gasteiger partial charge in [0.1, 0.15) is 0 Å². The number of hydrogen-bond donors (Lipinski definition) is 1. The molecule has 5 rings (SSSR count). The summed E-state index contributed by atoms with van der Waals surface area (Å²) in [5.41, 5.74) is 2.23. The minimum atomic E-state index is 0.0533. The van der Waals surface area contributed by atoms with Gasteiger partial charge in [-0.15, -0.1) is 0 Å². The number of piperidine rings is 1. The molecule has 0 aromatic carbocycles. The Morgan fingerprint density at radius 1 is 1.10 bits per heavy atom. The summed E-state index contributed by atoms with van der Waals surface area (Å²) >= 11 is 2.09. The Labute approximate surface area is 177 Å². The Morgan fingerprint density at radius 3 is 2.72 bits per heavy atom. The first-order chi connectivity index (χ1) is 14.1. The maximum absolute atomic E-state index is 13.3.